The molecule has 0 aromatic heterocycles. The molecular formula is C20H23ClN2O3S2. The van der Waals surface area contributed by atoms with Crippen molar-refractivity contribution in [2.75, 3.05) is 28.9 Å². The molecular weight excluding hydrogens is 416 g/mol. The summed E-state index contributed by atoms with van der Waals surface area (Å²) in [5.41, 5.74) is 2.10. The van der Waals surface area contributed by atoms with E-state index in [0.717, 1.165) is 28.5 Å². The Morgan fingerprint density at radius 3 is 2.75 bits per heavy atom. The molecule has 1 N–H and O–H groups in total. The van der Waals surface area contributed by atoms with Crippen molar-refractivity contribution in [1.82, 2.24) is 5.32 Å². The van der Waals surface area contributed by atoms with E-state index in [1.165, 1.54) is 4.31 Å². The van der Waals surface area contributed by atoms with Gasteiger partial charge >= 0.3 is 0 Å². The van der Waals surface area contributed by atoms with Crippen molar-refractivity contribution in [3.8, 4) is 0 Å². The van der Waals surface area contributed by atoms with Gasteiger partial charge in [0.1, 0.15) is 0 Å². The number of amides is 1. The Bertz CT molecular complexity index is 935. The standard InChI is InChI=1S/C20H23ClN2O3S2/c21-19-9-2-1-6-17(19)15-27-12-10-22-20(24)16-7-5-8-18(14-16)23-11-3-4-13-28(23,25)26/h1-2,5-9,14H,3-4,10-13,15H2,(H,22,24). The van der Waals surface area contributed by atoms with Crippen LogP contribution in [0.1, 0.15) is 28.8 Å². The number of benzene rings is 2. The topological polar surface area (TPSA) is 66.5 Å². The first-order valence-electron chi connectivity index (χ1n) is 9.17. The molecule has 1 heterocycles. The summed E-state index contributed by atoms with van der Waals surface area (Å²) in [7, 11) is -3.29. The summed E-state index contributed by atoms with van der Waals surface area (Å²) < 4.78 is 25.9. The number of hydrogen-bond acceptors (Lipinski definition) is 4. The molecule has 2 aromatic carbocycles. The normalized spacial score (nSPS) is 16.0. The molecule has 0 unspecified atom stereocenters. The van der Waals surface area contributed by atoms with Crippen LogP contribution in [0.3, 0.4) is 0 Å². The summed E-state index contributed by atoms with van der Waals surface area (Å²) in [6.07, 6.45) is 1.52. The highest BCUT2D eigenvalue weighted by Gasteiger charge is 2.26. The van der Waals surface area contributed by atoms with Crippen LogP contribution in [0.2, 0.25) is 5.02 Å². The molecule has 0 radical (unpaired) electrons. The molecule has 8 heteroatoms. The number of anilines is 1. The lowest BCUT2D eigenvalue weighted by atomic mass is 10.2. The third kappa shape index (κ3) is 5.43. The van der Waals surface area contributed by atoms with Crippen molar-refractivity contribution in [3.63, 3.8) is 0 Å². The zero-order valence-electron chi connectivity index (χ0n) is 15.4. The largest absolute Gasteiger partial charge is 0.351 e. The van der Waals surface area contributed by atoms with E-state index in [4.69, 9.17) is 11.6 Å². The van der Waals surface area contributed by atoms with E-state index >= 15 is 0 Å². The van der Waals surface area contributed by atoms with Crippen LogP contribution in [0, 0.1) is 0 Å². The second kappa shape index (κ2) is 9.67. The number of sulfonamides is 1. The molecule has 3 rings (SSSR count). The fourth-order valence-corrected chi connectivity index (χ4v) is 5.79. The minimum absolute atomic E-state index is 0.159. The van der Waals surface area contributed by atoms with E-state index in [0.29, 0.717) is 30.8 Å². The van der Waals surface area contributed by atoms with Gasteiger partial charge in [0, 0.05) is 35.2 Å². The number of nitrogens with one attached hydrogen (secondary N) is 1. The Kier molecular flexibility index (Phi) is 7.26. The Morgan fingerprint density at radius 1 is 1.14 bits per heavy atom. The van der Waals surface area contributed by atoms with Crippen LogP contribution in [0.5, 0.6) is 0 Å². The maximum Gasteiger partial charge on any atom is 0.251 e. The number of thioether (sulfide) groups is 1. The van der Waals surface area contributed by atoms with Gasteiger partial charge in [-0.05, 0) is 42.7 Å². The Labute approximate surface area is 175 Å². The Balaban J connectivity index is 1.51. The number of carbonyl (C=O) groups is 1. The molecule has 0 aliphatic carbocycles. The first kappa shape index (κ1) is 21.0. The third-order valence-electron chi connectivity index (χ3n) is 4.49. The quantitative estimate of drug-likeness (QED) is 0.665. The van der Waals surface area contributed by atoms with Gasteiger partial charge in [0.25, 0.3) is 5.91 Å². The maximum atomic E-state index is 12.4. The molecule has 2 aromatic rings. The summed E-state index contributed by atoms with van der Waals surface area (Å²) in [6.45, 7) is 0.992. The highest BCUT2D eigenvalue weighted by atomic mass is 35.5. The molecule has 1 aliphatic heterocycles. The summed E-state index contributed by atoms with van der Waals surface area (Å²) in [5, 5.41) is 3.64. The SMILES string of the molecule is O=C(NCCSCc1ccccc1Cl)c1cccc(N2CCCCS2(=O)=O)c1. The zero-order valence-corrected chi connectivity index (χ0v) is 17.8. The van der Waals surface area contributed by atoms with Crippen LogP contribution in [-0.4, -0.2) is 38.9 Å². The lowest BCUT2D eigenvalue weighted by Crippen LogP contribution is -2.38. The van der Waals surface area contributed by atoms with Gasteiger partial charge in [-0.25, -0.2) is 8.42 Å². The van der Waals surface area contributed by atoms with Gasteiger partial charge in [-0.15, -0.1) is 0 Å². The van der Waals surface area contributed by atoms with Gasteiger partial charge in [0.05, 0.1) is 11.4 Å². The van der Waals surface area contributed by atoms with E-state index in [-0.39, 0.29) is 11.7 Å². The molecule has 1 saturated heterocycles. The van der Waals surface area contributed by atoms with Crippen LogP contribution in [-0.2, 0) is 15.8 Å². The monoisotopic (exact) mass is 438 g/mol. The number of hydrogen-bond donors (Lipinski definition) is 1. The number of halogens is 1. The van der Waals surface area contributed by atoms with Crippen LogP contribution >= 0.6 is 23.4 Å². The van der Waals surface area contributed by atoms with Crippen LogP contribution in [0.15, 0.2) is 48.5 Å². The molecule has 1 amide bonds. The van der Waals surface area contributed by atoms with E-state index in [2.05, 4.69) is 5.32 Å². The van der Waals surface area contributed by atoms with Crippen molar-refractivity contribution in [3.05, 3.63) is 64.7 Å². The molecule has 150 valence electrons. The van der Waals surface area contributed by atoms with Gasteiger partial charge < -0.3 is 5.32 Å². The third-order valence-corrected chi connectivity index (χ3v) is 7.74. The lowest BCUT2D eigenvalue weighted by molar-refractivity contribution is 0.0956. The highest BCUT2D eigenvalue weighted by Crippen LogP contribution is 2.24. The summed E-state index contributed by atoms with van der Waals surface area (Å²) in [6, 6.07) is 14.5. The van der Waals surface area contributed by atoms with Gasteiger partial charge in [0.15, 0.2) is 0 Å². The molecule has 0 spiro atoms. The van der Waals surface area contributed by atoms with Crippen LogP contribution in [0.25, 0.3) is 0 Å². The highest BCUT2D eigenvalue weighted by molar-refractivity contribution is 7.98. The fourth-order valence-electron chi connectivity index (χ4n) is 3.02. The summed E-state index contributed by atoms with van der Waals surface area (Å²) >= 11 is 7.83. The van der Waals surface area contributed by atoms with Crippen molar-refractivity contribution in [2.24, 2.45) is 0 Å². The minimum Gasteiger partial charge on any atom is -0.351 e. The average molecular weight is 439 g/mol. The molecule has 28 heavy (non-hydrogen) atoms. The Hall–Kier alpha value is -1.70. The molecule has 1 aliphatic rings. The molecule has 0 saturated carbocycles. The molecule has 0 bridgehead atoms. The first-order valence-corrected chi connectivity index (χ1v) is 12.3. The van der Waals surface area contributed by atoms with Crippen molar-refractivity contribution >= 4 is 45.0 Å². The average Bonchev–Trinajstić information content (AvgIpc) is 2.68. The van der Waals surface area contributed by atoms with Crippen LogP contribution < -0.4 is 9.62 Å². The molecule has 5 nitrogen and oxygen atoms in total. The summed E-state index contributed by atoms with van der Waals surface area (Å²) in [4.78, 5) is 12.4. The van der Waals surface area contributed by atoms with Crippen molar-refractivity contribution in [1.29, 1.82) is 0 Å². The number of nitrogens with zero attached hydrogens (tertiary/aromatic N) is 1. The Morgan fingerprint density at radius 2 is 1.96 bits per heavy atom. The fraction of sp³-hybridized carbons (Fsp3) is 0.350. The minimum atomic E-state index is -3.29. The maximum absolute atomic E-state index is 12.4. The smallest absolute Gasteiger partial charge is 0.251 e. The lowest BCUT2D eigenvalue weighted by Gasteiger charge is -2.28. The van der Waals surface area contributed by atoms with Gasteiger partial charge in [-0.3, -0.25) is 9.10 Å². The van der Waals surface area contributed by atoms with Crippen molar-refractivity contribution < 1.29 is 13.2 Å². The predicted octanol–water partition coefficient (Wildman–Crippen LogP) is 3.93. The van der Waals surface area contributed by atoms with E-state index in [9.17, 15) is 13.2 Å². The number of carbonyl (C=O) groups excluding carboxylic acids is 1. The molecule has 1 fully saturated rings. The van der Waals surface area contributed by atoms with E-state index in [1.54, 1.807) is 36.0 Å². The van der Waals surface area contributed by atoms with Gasteiger partial charge in [-0.1, -0.05) is 35.9 Å². The number of rotatable bonds is 7. The first-order chi connectivity index (χ1) is 13.5. The predicted molar refractivity (Wildman–Crippen MR) is 117 cm³/mol. The summed E-state index contributed by atoms with van der Waals surface area (Å²) in [5.74, 6) is 1.51. The van der Waals surface area contributed by atoms with Crippen LogP contribution in [0.4, 0.5) is 5.69 Å². The van der Waals surface area contributed by atoms with E-state index < -0.39 is 10.0 Å². The van der Waals surface area contributed by atoms with Gasteiger partial charge in [-0.2, -0.15) is 11.8 Å². The van der Waals surface area contributed by atoms with Crippen molar-refractivity contribution in [2.45, 2.75) is 18.6 Å². The second-order valence-electron chi connectivity index (χ2n) is 6.55. The zero-order chi connectivity index (χ0) is 20.0. The molecule has 0 atom stereocenters. The van der Waals surface area contributed by atoms with E-state index in [1.807, 2.05) is 24.3 Å². The van der Waals surface area contributed by atoms with Gasteiger partial charge in [0.2, 0.25) is 10.0 Å². The second-order valence-corrected chi connectivity index (χ2v) is 10.1.